The van der Waals surface area contributed by atoms with E-state index >= 15 is 0 Å². The zero-order valence-corrected chi connectivity index (χ0v) is 24.2. The van der Waals surface area contributed by atoms with Gasteiger partial charge in [0.2, 0.25) is 0 Å². The van der Waals surface area contributed by atoms with Gasteiger partial charge in [-0.25, -0.2) is 8.78 Å². The molecule has 0 radical (unpaired) electrons. The first kappa shape index (κ1) is 29.8. The molecule has 0 spiro atoms. The second-order valence-corrected chi connectivity index (χ2v) is 11.4. The number of hydrogen-bond acceptors (Lipinski definition) is 8. The maximum atomic E-state index is 13.7. The van der Waals surface area contributed by atoms with Crippen LogP contribution in [0, 0.1) is 11.6 Å². The minimum absolute atomic E-state index is 0.0356. The molecule has 2 saturated heterocycles. The zero-order valence-electron chi connectivity index (χ0n) is 24.2. The van der Waals surface area contributed by atoms with Crippen molar-refractivity contribution in [1.29, 1.82) is 0 Å². The Morgan fingerprint density at radius 2 is 1.75 bits per heavy atom. The fourth-order valence-electron chi connectivity index (χ4n) is 5.96. The summed E-state index contributed by atoms with van der Waals surface area (Å²) in [6.45, 7) is 4.09. The zero-order chi connectivity index (χ0) is 30.6. The summed E-state index contributed by atoms with van der Waals surface area (Å²) >= 11 is 0. The van der Waals surface area contributed by atoms with E-state index in [0.717, 1.165) is 46.7 Å². The van der Waals surface area contributed by atoms with Gasteiger partial charge in [0, 0.05) is 73.8 Å². The molecule has 3 heterocycles. The molecular weight excluding hydrogens is 570 g/mol. The van der Waals surface area contributed by atoms with Crippen molar-refractivity contribution in [2.45, 2.75) is 31.5 Å². The summed E-state index contributed by atoms with van der Waals surface area (Å²) in [7, 11) is 0. The number of benzene rings is 3. The number of fused-ring (bicyclic) bond motifs is 1. The number of aromatic amines is 1. The molecule has 4 aromatic rings. The summed E-state index contributed by atoms with van der Waals surface area (Å²) in [5.41, 5.74) is 4.58. The average Bonchev–Trinajstić information content (AvgIpc) is 3.39. The topological polar surface area (TPSA) is 126 Å². The first-order chi connectivity index (χ1) is 21.3. The molecule has 0 aliphatic carbocycles. The number of ether oxygens (including phenoxy) is 1. The highest BCUT2D eigenvalue weighted by Crippen LogP contribution is 2.33. The minimum Gasteiger partial charge on any atom is -0.480 e. The number of aliphatic carboxylic acids is 1. The SMILES string of the molecule is O=C(O)CN1CCN(c2ccc(C(O)Nc3n[nH]c4ccc(Cc5cc(F)cc(F)c5)cc34)c(NC3CCOCC3)c2)CC1. The lowest BCUT2D eigenvalue weighted by atomic mass is 10.0. The summed E-state index contributed by atoms with van der Waals surface area (Å²) in [6.07, 6.45) is 0.945. The van der Waals surface area contributed by atoms with Gasteiger partial charge in [0.1, 0.15) is 11.6 Å². The normalized spacial score (nSPS) is 17.1. The molecule has 1 aromatic heterocycles. The van der Waals surface area contributed by atoms with E-state index in [-0.39, 0.29) is 12.6 Å². The van der Waals surface area contributed by atoms with Crippen LogP contribution in [0.3, 0.4) is 0 Å². The van der Waals surface area contributed by atoms with Crippen LogP contribution in [0.15, 0.2) is 54.6 Å². The molecule has 44 heavy (non-hydrogen) atoms. The third-order valence-corrected chi connectivity index (χ3v) is 8.24. The molecule has 2 fully saturated rings. The highest BCUT2D eigenvalue weighted by molar-refractivity contribution is 5.90. The maximum Gasteiger partial charge on any atom is 0.317 e. The number of carboxylic acids is 1. The number of anilines is 3. The number of aliphatic hydroxyl groups excluding tert-OH is 1. The molecule has 0 bridgehead atoms. The number of H-pyrrole nitrogens is 1. The van der Waals surface area contributed by atoms with Crippen LogP contribution in [0.25, 0.3) is 10.9 Å². The largest absolute Gasteiger partial charge is 0.480 e. The Balaban J connectivity index is 1.22. The first-order valence-electron chi connectivity index (χ1n) is 14.8. The van der Waals surface area contributed by atoms with E-state index in [1.807, 2.05) is 41.3 Å². The fraction of sp³-hybridized carbons (Fsp3) is 0.375. The van der Waals surface area contributed by atoms with Gasteiger partial charge in [-0.1, -0.05) is 12.1 Å². The van der Waals surface area contributed by atoms with Crippen LogP contribution in [0.5, 0.6) is 0 Å². The monoisotopic (exact) mass is 606 g/mol. The number of aromatic nitrogens is 2. The van der Waals surface area contributed by atoms with Gasteiger partial charge in [-0.15, -0.1) is 0 Å². The summed E-state index contributed by atoms with van der Waals surface area (Å²) in [5.74, 6) is -1.61. The van der Waals surface area contributed by atoms with Crippen molar-refractivity contribution in [3.05, 3.63) is 82.9 Å². The van der Waals surface area contributed by atoms with Gasteiger partial charge in [-0.05, 0) is 66.8 Å². The predicted molar refractivity (Wildman–Crippen MR) is 164 cm³/mol. The number of nitrogens with zero attached hydrogens (tertiary/aromatic N) is 3. The van der Waals surface area contributed by atoms with Crippen molar-refractivity contribution in [3.8, 4) is 0 Å². The summed E-state index contributed by atoms with van der Waals surface area (Å²) < 4.78 is 33.0. The lowest BCUT2D eigenvalue weighted by Crippen LogP contribution is -2.48. The van der Waals surface area contributed by atoms with Crippen LogP contribution in [-0.4, -0.2) is 83.3 Å². The summed E-state index contributed by atoms with van der Waals surface area (Å²) in [5, 5.41) is 35.5. The molecule has 5 N–H and O–H groups in total. The van der Waals surface area contributed by atoms with Gasteiger partial charge in [-0.2, -0.15) is 5.10 Å². The maximum absolute atomic E-state index is 13.7. The number of carbonyl (C=O) groups is 1. The highest BCUT2D eigenvalue weighted by Gasteiger charge is 2.23. The predicted octanol–water partition coefficient (Wildman–Crippen LogP) is 4.33. The number of carboxylic acid groups (broad SMARTS) is 1. The van der Waals surface area contributed by atoms with Crippen molar-refractivity contribution in [1.82, 2.24) is 15.1 Å². The van der Waals surface area contributed by atoms with E-state index in [1.165, 1.54) is 12.1 Å². The van der Waals surface area contributed by atoms with Gasteiger partial charge in [0.05, 0.1) is 12.1 Å². The molecule has 1 atom stereocenters. The molecule has 10 nitrogen and oxygen atoms in total. The Morgan fingerprint density at radius 1 is 1.00 bits per heavy atom. The molecular formula is C32H36F2N6O4. The van der Waals surface area contributed by atoms with E-state index in [2.05, 4.69) is 25.7 Å². The van der Waals surface area contributed by atoms with Crippen molar-refractivity contribution in [2.24, 2.45) is 0 Å². The molecule has 232 valence electrons. The Hall–Kier alpha value is -4.26. The second kappa shape index (κ2) is 13.2. The van der Waals surface area contributed by atoms with Crippen molar-refractivity contribution < 1.29 is 28.5 Å². The van der Waals surface area contributed by atoms with Gasteiger partial charge in [-0.3, -0.25) is 14.8 Å². The third kappa shape index (κ3) is 7.09. The molecule has 2 aliphatic rings. The third-order valence-electron chi connectivity index (χ3n) is 8.24. The standard InChI is InChI=1S/C32H36F2N6O4/c33-22-14-21(15-23(34)17-22)13-20-1-4-28-27(16-20)31(38-37-28)36-32(43)26-3-2-25(18-29(26)35-24-5-11-44-12-6-24)40-9-7-39(8-10-40)19-30(41)42/h1-4,14-18,24,32,35,43H,5-13,19H2,(H,41,42)(H2,36,37,38). The molecule has 1 unspecified atom stereocenters. The number of hydrogen-bond donors (Lipinski definition) is 5. The number of nitrogens with one attached hydrogen (secondary N) is 3. The first-order valence-corrected chi connectivity index (χ1v) is 14.8. The van der Waals surface area contributed by atoms with Crippen LogP contribution in [0.4, 0.5) is 26.0 Å². The Kier molecular flexibility index (Phi) is 8.91. The van der Waals surface area contributed by atoms with Crippen LogP contribution in [-0.2, 0) is 16.0 Å². The Bertz CT molecular complexity index is 1600. The lowest BCUT2D eigenvalue weighted by molar-refractivity contribution is -0.138. The number of aliphatic hydroxyl groups is 1. The van der Waals surface area contributed by atoms with E-state index < -0.39 is 23.8 Å². The Morgan fingerprint density at radius 3 is 2.48 bits per heavy atom. The second-order valence-electron chi connectivity index (χ2n) is 11.4. The Labute approximate surface area is 253 Å². The molecule has 0 amide bonds. The van der Waals surface area contributed by atoms with Crippen molar-refractivity contribution >= 4 is 34.1 Å². The van der Waals surface area contributed by atoms with Crippen molar-refractivity contribution in [3.63, 3.8) is 0 Å². The smallest absolute Gasteiger partial charge is 0.317 e. The van der Waals surface area contributed by atoms with Crippen LogP contribution in [0.2, 0.25) is 0 Å². The molecule has 12 heteroatoms. The van der Waals surface area contributed by atoms with Crippen LogP contribution < -0.4 is 15.5 Å². The van der Waals surface area contributed by atoms with Gasteiger partial charge >= 0.3 is 5.97 Å². The van der Waals surface area contributed by atoms with Crippen LogP contribution >= 0.6 is 0 Å². The van der Waals surface area contributed by atoms with Gasteiger partial charge < -0.3 is 30.5 Å². The lowest BCUT2D eigenvalue weighted by Gasteiger charge is -2.36. The molecule has 0 saturated carbocycles. The van der Waals surface area contributed by atoms with E-state index in [4.69, 9.17) is 9.84 Å². The fourth-order valence-corrected chi connectivity index (χ4v) is 5.96. The summed E-state index contributed by atoms with van der Waals surface area (Å²) in [6, 6.07) is 15.2. The quantitative estimate of drug-likeness (QED) is 0.168. The van der Waals surface area contributed by atoms with Gasteiger partial charge in [0.15, 0.2) is 12.0 Å². The van der Waals surface area contributed by atoms with E-state index in [0.29, 0.717) is 62.8 Å². The minimum atomic E-state index is -1.09. The average molecular weight is 607 g/mol. The number of piperazine rings is 1. The summed E-state index contributed by atoms with van der Waals surface area (Å²) in [4.78, 5) is 15.3. The number of halogens is 2. The van der Waals surface area contributed by atoms with Gasteiger partial charge in [0.25, 0.3) is 0 Å². The van der Waals surface area contributed by atoms with Crippen LogP contribution in [0.1, 0.15) is 35.8 Å². The van der Waals surface area contributed by atoms with E-state index in [1.54, 1.807) is 0 Å². The highest BCUT2D eigenvalue weighted by atomic mass is 19.1. The molecule has 6 rings (SSSR count). The molecule has 2 aliphatic heterocycles. The van der Waals surface area contributed by atoms with Crippen molar-refractivity contribution in [2.75, 3.05) is 61.5 Å². The number of rotatable bonds is 10. The van der Waals surface area contributed by atoms with E-state index in [9.17, 15) is 18.7 Å². The molecule has 3 aromatic carbocycles.